The van der Waals surface area contributed by atoms with Gasteiger partial charge in [-0.15, -0.1) is 0 Å². The molecule has 0 saturated heterocycles. The van der Waals surface area contributed by atoms with E-state index in [1.54, 1.807) is 12.1 Å². The van der Waals surface area contributed by atoms with Gasteiger partial charge in [0.25, 0.3) is 0 Å². The van der Waals surface area contributed by atoms with Gasteiger partial charge in [0.15, 0.2) is 0 Å². The zero-order valence-electron chi connectivity index (χ0n) is 9.65. The van der Waals surface area contributed by atoms with Crippen molar-refractivity contribution in [1.29, 1.82) is 0 Å². The van der Waals surface area contributed by atoms with E-state index in [1.807, 2.05) is 18.2 Å². The number of carboxylic acid groups (broad SMARTS) is 1. The number of rotatable bonds is 3. The SMILES string of the molecule is Nc1cc(Nc2ccc(Br)cc2Br)ccc1C(=O)O. The van der Waals surface area contributed by atoms with E-state index >= 15 is 0 Å². The number of nitrogen functional groups attached to an aromatic ring is 1. The molecule has 0 heterocycles. The summed E-state index contributed by atoms with van der Waals surface area (Å²) in [5.74, 6) is -1.03. The topological polar surface area (TPSA) is 75.3 Å². The highest BCUT2D eigenvalue weighted by atomic mass is 79.9. The van der Waals surface area contributed by atoms with Gasteiger partial charge in [0.1, 0.15) is 0 Å². The van der Waals surface area contributed by atoms with E-state index in [1.165, 1.54) is 6.07 Å². The van der Waals surface area contributed by atoms with Crippen molar-refractivity contribution in [3.8, 4) is 0 Å². The molecule has 0 amide bonds. The summed E-state index contributed by atoms with van der Waals surface area (Å²) in [4.78, 5) is 10.9. The fraction of sp³-hybridized carbons (Fsp3) is 0. The van der Waals surface area contributed by atoms with Crippen LogP contribution in [0.25, 0.3) is 0 Å². The summed E-state index contributed by atoms with van der Waals surface area (Å²) < 4.78 is 1.86. The molecule has 6 heteroatoms. The molecule has 19 heavy (non-hydrogen) atoms. The Morgan fingerprint density at radius 2 is 1.89 bits per heavy atom. The summed E-state index contributed by atoms with van der Waals surface area (Å²) in [6, 6.07) is 10.5. The number of nitrogens with one attached hydrogen (secondary N) is 1. The van der Waals surface area contributed by atoms with Crippen LogP contribution in [0.1, 0.15) is 10.4 Å². The molecule has 0 radical (unpaired) electrons. The molecule has 2 rings (SSSR count). The molecule has 0 spiro atoms. The minimum absolute atomic E-state index is 0.0976. The van der Waals surface area contributed by atoms with Crippen LogP contribution in [0.5, 0.6) is 0 Å². The van der Waals surface area contributed by atoms with E-state index in [0.29, 0.717) is 0 Å². The Bertz CT molecular complexity index is 645. The summed E-state index contributed by atoms with van der Waals surface area (Å²) in [6.45, 7) is 0. The summed E-state index contributed by atoms with van der Waals surface area (Å²) in [7, 11) is 0. The van der Waals surface area contributed by atoms with Crippen molar-refractivity contribution in [2.75, 3.05) is 11.1 Å². The van der Waals surface area contributed by atoms with Gasteiger partial charge in [0.2, 0.25) is 0 Å². The largest absolute Gasteiger partial charge is 0.478 e. The van der Waals surface area contributed by atoms with E-state index in [9.17, 15) is 4.79 Å². The normalized spacial score (nSPS) is 10.2. The molecule has 0 aromatic heterocycles. The highest BCUT2D eigenvalue weighted by Crippen LogP contribution is 2.29. The lowest BCUT2D eigenvalue weighted by atomic mass is 10.1. The zero-order valence-corrected chi connectivity index (χ0v) is 12.8. The summed E-state index contributed by atoms with van der Waals surface area (Å²) in [5, 5.41) is 12.1. The number of carbonyl (C=O) groups is 1. The Balaban J connectivity index is 2.29. The van der Waals surface area contributed by atoms with Crippen LogP contribution in [0.2, 0.25) is 0 Å². The number of hydrogen-bond acceptors (Lipinski definition) is 3. The van der Waals surface area contributed by atoms with Crippen LogP contribution < -0.4 is 11.1 Å². The van der Waals surface area contributed by atoms with Gasteiger partial charge < -0.3 is 16.2 Å². The van der Waals surface area contributed by atoms with Crippen LogP contribution in [-0.2, 0) is 0 Å². The monoisotopic (exact) mass is 384 g/mol. The average molecular weight is 386 g/mol. The smallest absolute Gasteiger partial charge is 0.337 e. The summed E-state index contributed by atoms with van der Waals surface area (Å²) in [5.41, 5.74) is 7.62. The lowest BCUT2D eigenvalue weighted by Crippen LogP contribution is -2.03. The number of benzene rings is 2. The molecule has 0 aliphatic heterocycles. The van der Waals surface area contributed by atoms with Gasteiger partial charge in [-0.1, -0.05) is 15.9 Å². The molecule has 0 saturated carbocycles. The maximum Gasteiger partial charge on any atom is 0.337 e. The Labute approximate surface area is 126 Å². The third-order valence-corrected chi connectivity index (χ3v) is 3.64. The fourth-order valence-electron chi connectivity index (χ4n) is 1.58. The van der Waals surface area contributed by atoms with Gasteiger partial charge in [0, 0.05) is 20.3 Å². The molecule has 0 aliphatic carbocycles. The summed E-state index contributed by atoms with van der Waals surface area (Å²) in [6.07, 6.45) is 0. The first-order chi connectivity index (χ1) is 8.97. The first-order valence-electron chi connectivity index (χ1n) is 5.32. The van der Waals surface area contributed by atoms with Gasteiger partial charge in [-0.25, -0.2) is 4.79 Å². The maximum atomic E-state index is 10.9. The second kappa shape index (κ2) is 5.63. The van der Waals surface area contributed by atoms with Crippen molar-refractivity contribution in [1.82, 2.24) is 0 Å². The van der Waals surface area contributed by atoms with Crippen molar-refractivity contribution in [3.05, 3.63) is 50.9 Å². The Morgan fingerprint density at radius 1 is 1.16 bits per heavy atom. The first-order valence-corrected chi connectivity index (χ1v) is 6.91. The molecular weight excluding hydrogens is 376 g/mol. The van der Waals surface area contributed by atoms with E-state index in [4.69, 9.17) is 10.8 Å². The van der Waals surface area contributed by atoms with E-state index in [0.717, 1.165) is 20.3 Å². The summed E-state index contributed by atoms with van der Waals surface area (Å²) >= 11 is 6.82. The van der Waals surface area contributed by atoms with Crippen molar-refractivity contribution in [2.24, 2.45) is 0 Å². The van der Waals surface area contributed by atoms with E-state index in [2.05, 4.69) is 37.2 Å². The molecule has 0 aliphatic rings. The van der Waals surface area contributed by atoms with Crippen LogP contribution >= 0.6 is 31.9 Å². The van der Waals surface area contributed by atoms with E-state index < -0.39 is 5.97 Å². The molecule has 98 valence electrons. The fourth-order valence-corrected chi connectivity index (χ4v) is 2.73. The van der Waals surface area contributed by atoms with Crippen LogP contribution in [0.15, 0.2) is 45.3 Å². The van der Waals surface area contributed by atoms with Crippen molar-refractivity contribution < 1.29 is 9.90 Å². The maximum absolute atomic E-state index is 10.9. The highest BCUT2D eigenvalue weighted by molar-refractivity contribution is 9.11. The quantitative estimate of drug-likeness (QED) is 0.691. The van der Waals surface area contributed by atoms with Gasteiger partial charge in [-0.3, -0.25) is 0 Å². The number of carboxylic acids is 1. The molecule has 0 fully saturated rings. The standard InChI is InChI=1S/C13H10Br2N2O2/c14-7-1-4-12(10(15)5-7)17-8-2-3-9(13(18)19)11(16)6-8/h1-6,17H,16H2,(H,18,19). The molecule has 4 N–H and O–H groups in total. The Morgan fingerprint density at radius 3 is 2.47 bits per heavy atom. The predicted molar refractivity (Wildman–Crippen MR) is 82.9 cm³/mol. The second-order valence-electron chi connectivity index (χ2n) is 3.86. The minimum atomic E-state index is -1.03. The molecule has 2 aromatic carbocycles. The molecule has 2 aromatic rings. The molecule has 0 atom stereocenters. The highest BCUT2D eigenvalue weighted by Gasteiger charge is 2.08. The van der Waals surface area contributed by atoms with Crippen LogP contribution in [0.3, 0.4) is 0 Å². The number of anilines is 3. The Hall–Kier alpha value is -1.53. The minimum Gasteiger partial charge on any atom is -0.478 e. The molecule has 0 bridgehead atoms. The van der Waals surface area contributed by atoms with Gasteiger partial charge in [-0.2, -0.15) is 0 Å². The number of hydrogen-bond donors (Lipinski definition) is 3. The predicted octanol–water partition coefficient (Wildman–Crippen LogP) is 4.24. The zero-order chi connectivity index (χ0) is 14.0. The average Bonchev–Trinajstić information content (AvgIpc) is 2.32. The van der Waals surface area contributed by atoms with Gasteiger partial charge >= 0.3 is 5.97 Å². The van der Waals surface area contributed by atoms with Crippen LogP contribution in [0, 0.1) is 0 Å². The number of halogens is 2. The number of nitrogens with two attached hydrogens (primary N) is 1. The lowest BCUT2D eigenvalue weighted by molar-refractivity contribution is 0.0698. The Kier molecular flexibility index (Phi) is 4.11. The van der Waals surface area contributed by atoms with Crippen molar-refractivity contribution >= 4 is 54.9 Å². The third-order valence-electron chi connectivity index (χ3n) is 2.49. The number of aromatic carboxylic acids is 1. The van der Waals surface area contributed by atoms with Gasteiger partial charge in [0.05, 0.1) is 11.3 Å². The lowest BCUT2D eigenvalue weighted by Gasteiger charge is -2.10. The second-order valence-corrected chi connectivity index (χ2v) is 5.63. The van der Waals surface area contributed by atoms with Crippen molar-refractivity contribution in [3.63, 3.8) is 0 Å². The third kappa shape index (κ3) is 3.27. The molecule has 4 nitrogen and oxygen atoms in total. The van der Waals surface area contributed by atoms with Crippen LogP contribution in [-0.4, -0.2) is 11.1 Å². The van der Waals surface area contributed by atoms with Crippen molar-refractivity contribution in [2.45, 2.75) is 0 Å². The van der Waals surface area contributed by atoms with E-state index in [-0.39, 0.29) is 11.3 Å². The van der Waals surface area contributed by atoms with Crippen LogP contribution in [0.4, 0.5) is 17.1 Å². The first kappa shape index (κ1) is 13.9. The van der Waals surface area contributed by atoms with Gasteiger partial charge in [-0.05, 0) is 52.3 Å². The molecular formula is C13H10Br2N2O2. The molecule has 0 unspecified atom stereocenters.